The predicted molar refractivity (Wildman–Crippen MR) is 242 cm³/mol. The summed E-state index contributed by atoms with van der Waals surface area (Å²) in [5.74, 6) is 0. The van der Waals surface area contributed by atoms with Crippen molar-refractivity contribution in [1.82, 2.24) is 0 Å². The lowest BCUT2D eigenvalue weighted by molar-refractivity contribution is 0.660. The fraction of sp³-hybridized carbons (Fsp3) is 0.0545. The number of fused-ring (bicyclic) bond motifs is 11. The first-order chi connectivity index (χ1) is 28.5. The first kappa shape index (κ1) is 32.8. The summed E-state index contributed by atoms with van der Waals surface area (Å²) in [6, 6.07) is 67.5. The number of rotatable bonds is 5. The zero-order chi connectivity index (χ0) is 38.5. The monoisotopic (exact) mass is 743 g/mol. The molecule has 0 unspecified atom stereocenters. The van der Waals surface area contributed by atoms with Gasteiger partial charge in [0.05, 0.1) is 5.69 Å². The van der Waals surface area contributed by atoms with Crippen LogP contribution in [0.4, 0.5) is 17.1 Å². The number of anilines is 3. The maximum atomic E-state index is 6.73. The standard InChI is InChI=1S/C55H37NO2/c1-55(2)47-20-7-5-15-46(47)51-39(16-10-21-48(51)55)35-24-29-37(30-25-35)56(49-22-11-19-43-42-14-6-8-23-50(42)57-54(43)49)38-31-26-36(27-32-38)41-17-9-18-44-45-33-28-34-12-3-4-13-40(34)53(45)58-52(41)44/h3-33H,1-2H3. The van der Waals surface area contributed by atoms with E-state index in [2.05, 4.69) is 195 Å². The van der Waals surface area contributed by atoms with Gasteiger partial charge in [0.1, 0.15) is 16.7 Å². The van der Waals surface area contributed by atoms with E-state index in [9.17, 15) is 0 Å². The van der Waals surface area contributed by atoms with Gasteiger partial charge in [-0.1, -0.05) is 159 Å². The summed E-state index contributed by atoms with van der Waals surface area (Å²) in [5.41, 5.74) is 16.6. The summed E-state index contributed by atoms with van der Waals surface area (Å²) >= 11 is 0. The van der Waals surface area contributed by atoms with E-state index in [1.165, 1.54) is 38.8 Å². The molecule has 0 aliphatic heterocycles. The molecule has 0 spiro atoms. The average Bonchev–Trinajstić information content (AvgIpc) is 3.93. The van der Waals surface area contributed by atoms with Crippen LogP contribution in [0.3, 0.4) is 0 Å². The van der Waals surface area contributed by atoms with Gasteiger partial charge in [-0.2, -0.15) is 0 Å². The van der Waals surface area contributed by atoms with Crippen LogP contribution in [-0.2, 0) is 5.41 Å². The molecule has 0 saturated carbocycles. The van der Waals surface area contributed by atoms with Crippen molar-refractivity contribution in [2.24, 2.45) is 0 Å². The van der Waals surface area contributed by atoms with Crippen molar-refractivity contribution in [3.63, 3.8) is 0 Å². The van der Waals surface area contributed by atoms with E-state index in [0.29, 0.717) is 0 Å². The van der Waals surface area contributed by atoms with E-state index in [4.69, 9.17) is 8.83 Å². The summed E-state index contributed by atoms with van der Waals surface area (Å²) in [5, 5.41) is 6.76. The molecule has 12 rings (SSSR count). The highest BCUT2D eigenvalue weighted by Gasteiger charge is 2.36. The number of furan rings is 2. The highest BCUT2D eigenvalue weighted by atomic mass is 16.3. The lowest BCUT2D eigenvalue weighted by Crippen LogP contribution is -2.14. The van der Waals surface area contributed by atoms with Gasteiger partial charge >= 0.3 is 0 Å². The normalized spacial score (nSPS) is 13.1. The molecule has 1 aliphatic carbocycles. The minimum Gasteiger partial charge on any atom is -0.455 e. The first-order valence-electron chi connectivity index (χ1n) is 20.0. The minimum absolute atomic E-state index is 0.0551. The van der Waals surface area contributed by atoms with Gasteiger partial charge in [0, 0.05) is 49.3 Å². The zero-order valence-electron chi connectivity index (χ0n) is 32.2. The molecule has 274 valence electrons. The van der Waals surface area contributed by atoms with E-state index < -0.39 is 0 Å². The van der Waals surface area contributed by atoms with Gasteiger partial charge < -0.3 is 13.7 Å². The highest BCUT2D eigenvalue weighted by molar-refractivity contribution is 6.17. The van der Waals surface area contributed by atoms with Crippen LogP contribution < -0.4 is 4.90 Å². The third-order valence-corrected chi connectivity index (χ3v) is 12.5. The fourth-order valence-corrected chi connectivity index (χ4v) is 9.66. The summed E-state index contributed by atoms with van der Waals surface area (Å²) in [4.78, 5) is 2.32. The van der Waals surface area contributed by atoms with Crippen molar-refractivity contribution in [2.75, 3.05) is 4.90 Å². The molecule has 9 aromatic carbocycles. The topological polar surface area (TPSA) is 29.5 Å². The van der Waals surface area contributed by atoms with Crippen LogP contribution in [0.25, 0.3) is 88.0 Å². The van der Waals surface area contributed by atoms with Gasteiger partial charge in [0.15, 0.2) is 5.58 Å². The first-order valence-corrected chi connectivity index (χ1v) is 20.0. The van der Waals surface area contributed by atoms with Crippen LogP contribution in [0.15, 0.2) is 197 Å². The third-order valence-electron chi connectivity index (χ3n) is 12.5. The number of nitrogens with zero attached hydrogens (tertiary/aromatic N) is 1. The second-order valence-electron chi connectivity index (χ2n) is 16.0. The summed E-state index contributed by atoms with van der Waals surface area (Å²) in [6.07, 6.45) is 0. The van der Waals surface area contributed by atoms with Crippen molar-refractivity contribution < 1.29 is 8.83 Å². The fourth-order valence-electron chi connectivity index (χ4n) is 9.66. The SMILES string of the molecule is CC1(C)c2ccccc2-c2c(-c3ccc(N(c4ccc(-c5cccc6c5oc5c7ccccc7ccc65)cc4)c4cccc5c4oc4ccccc45)cc3)cccc21. The Hall–Kier alpha value is -7.36. The van der Waals surface area contributed by atoms with Crippen LogP contribution in [0.1, 0.15) is 25.0 Å². The molecule has 2 heterocycles. The van der Waals surface area contributed by atoms with Crippen LogP contribution in [0.2, 0.25) is 0 Å². The molecule has 0 saturated heterocycles. The number of benzene rings is 9. The van der Waals surface area contributed by atoms with Crippen LogP contribution in [-0.4, -0.2) is 0 Å². The number of para-hydroxylation sites is 3. The molecule has 2 aromatic heterocycles. The van der Waals surface area contributed by atoms with Gasteiger partial charge in [0.25, 0.3) is 0 Å². The minimum atomic E-state index is -0.0551. The quantitative estimate of drug-likeness (QED) is 0.176. The smallest absolute Gasteiger partial charge is 0.159 e. The van der Waals surface area contributed by atoms with Gasteiger partial charge in [0.2, 0.25) is 0 Å². The predicted octanol–water partition coefficient (Wildman–Crippen LogP) is 15.7. The van der Waals surface area contributed by atoms with Crippen molar-refractivity contribution in [1.29, 1.82) is 0 Å². The van der Waals surface area contributed by atoms with E-state index in [1.807, 2.05) is 12.1 Å². The molecule has 0 fully saturated rings. The maximum Gasteiger partial charge on any atom is 0.159 e. The van der Waals surface area contributed by atoms with Crippen LogP contribution in [0.5, 0.6) is 0 Å². The molecule has 11 aromatic rings. The van der Waals surface area contributed by atoms with Gasteiger partial charge in [-0.25, -0.2) is 0 Å². The molecule has 0 atom stereocenters. The molecular formula is C55H37NO2. The van der Waals surface area contributed by atoms with E-state index >= 15 is 0 Å². The Labute approximate surface area is 336 Å². The summed E-state index contributed by atoms with van der Waals surface area (Å²) in [7, 11) is 0. The molecule has 58 heavy (non-hydrogen) atoms. The van der Waals surface area contributed by atoms with Crippen molar-refractivity contribution in [3.8, 4) is 33.4 Å². The Kier molecular flexibility index (Phi) is 6.98. The van der Waals surface area contributed by atoms with Gasteiger partial charge in [-0.3, -0.25) is 0 Å². The van der Waals surface area contributed by atoms with E-state index in [1.54, 1.807) is 0 Å². The molecule has 1 aliphatic rings. The van der Waals surface area contributed by atoms with Gasteiger partial charge in [-0.05, 0) is 86.8 Å². The second kappa shape index (κ2) is 12.3. The highest BCUT2D eigenvalue weighted by Crippen LogP contribution is 2.52. The maximum absolute atomic E-state index is 6.73. The second-order valence-corrected chi connectivity index (χ2v) is 16.0. The molecule has 0 radical (unpaired) electrons. The van der Waals surface area contributed by atoms with Gasteiger partial charge in [-0.15, -0.1) is 0 Å². The molecule has 0 N–H and O–H groups in total. The molecule has 0 amide bonds. The molecule has 0 bridgehead atoms. The number of hydrogen-bond acceptors (Lipinski definition) is 3. The number of hydrogen-bond donors (Lipinski definition) is 0. The van der Waals surface area contributed by atoms with Crippen molar-refractivity contribution in [2.45, 2.75) is 19.3 Å². The Balaban J connectivity index is 0.998. The van der Waals surface area contributed by atoms with Crippen molar-refractivity contribution >= 4 is 71.7 Å². The Morgan fingerprint density at radius 1 is 0.379 bits per heavy atom. The molecular weight excluding hydrogens is 707 g/mol. The lowest BCUT2D eigenvalue weighted by Gasteiger charge is -2.26. The van der Waals surface area contributed by atoms with Crippen molar-refractivity contribution in [3.05, 3.63) is 199 Å². The third kappa shape index (κ3) is 4.74. The summed E-state index contributed by atoms with van der Waals surface area (Å²) < 4.78 is 13.4. The Morgan fingerprint density at radius 2 is 0.948 bits per heavy atom. The Bertz CT molecular complexity index is 3420. The van der Waals surface area contributed by atoms with E-state index in [-0.39, 0.29) is 5.41 Å². The Morgan fingerprint density at radius 3 is 1.76 bits per heavy atom. The largest absolute Gasteiger partial charge is 0.455 e. The molecule has 3 nitrogen and oxygen atoms in total. The zero-order valence-corrected chi connectivity index (χ0v) is 32.2. The van der Waals surface area contributed by atoms with Crippen LogP contribution >= 0.6 is 0 Å². The van der Waals surface area contributed by atoms with E-state index in [0.717, 1.165) is 77.5 Å². The molecule has 3 heteroatoms. The van der Waals surface area contributed by atoms with Crippen LogP contribution in [0, 0.1) is 0 Å². The lowest BCUT2D eigenvalue weighted by atomic mass is 9.82. The summed E-state index contributed by atoms with van der Waals surface area (Å²) in [6.45, 7) is 4.68. The average molecular weight is 744 g/mol.